The summed E-state index contributed by atoms with van der Waals surface area (Å²) in [7, 11) is 0. The number of hydrogen-bond donors (Lipinski definition) is 0. The fraction of sp³-hybridized carbons (Fsp3) is 0.286. The molecule has 0 aliphatic carbocycles. The van der Waals surface area contributed by atoms with E-state index in [2.05, 4.69) is 29.9 Å². The van der Waals surface area contributed by atoms with Gasteiger partial charge >= 0.3 is 0 Å². The van der Waals surface area contributed by atoms with Crippen molar-refractivity contribution in [2.24, 2.45) is 0 Å². The van der Waals surface area contributed by atoms with Gasteiger partial charge in [0.25, 0.3) is 0 Å². The SMILES string of the molecule is CCc1cc(Cl)nc(-c2ccccc2CC)n1. The molecule has 0 N–H and O–H groups in total. The third kappa shape index (κ3) is 2.64. The monoisotopic (exact) mass is 246 g/mol. The first-order valence-electron chi connectivity index (χ1n) is 5.86. The van der Waals surface area contributed by atoms with E-state index in [0.717, 1.165) is 29.9 Å². The van der Waals surface area contributed by atoms with Gasteiger partial charge in [-0.15, -0.1) is 0 Å². The Morgan fingerprint density at radius 2 is 1.82 bits per heavy atom. The Morgan fingerprint density at radius 1 is 1.06 bits per heavy atom. The maximum Gasteiger partial charge on any atom is 0.161 e. The second-order valence-corrected chi connectivity index (χ2v) is 4.26. The molecular formula is C14H15ClN2. The van der Waals surface area contributed by atoms with Gasteiger partial charge in [0.1, 0.15) is 5.15 Å². The van der Waals surface area contributed by atoms with Gasteiger partial charge in [-0.25, -0.2) is 9.97 Å². The summed E-state index contributed by atoms with van der Waals surface area (Å²) < 4.78 is 0. The van der Waals surface area contributed by atoms with E-state index in [0.29, 0.717) is 5.15 Å². The molecule has 3 heteroatoms. The van der Waals surface area contributed by atoms with Crippen LogP contribution in [0, 0.1) is 0 Å². The highest BCUT2D eigenvalue weighted by Gasteiger charge is 2.08. The van der Waals surface area contributed by atoms with Crippen LogP contribution in [0.2, 0.25) is 5.15 Å². The molecule has 0 saturated heterocycles. The van der Waals surface area contributed by atoms with Crippen molar-refractivity contribution in [3.8, 4) is 11.4 Å². The van der Waals surface area contributed by atoms with Crippen molar-refractivity contribution in [3.63, 3.8) is 0 Å². The lowest BCUT2D eigenvalue weighted by Gasteiger charge is -2.07. The topological polar surface area (TPSA) is 25.8 Å². The van der Waals surface area contributed by atoms with Crippen LogP contribution in [0.3, 0.4) is 0 Å². The van der Waals surface area contributed by atoms with Crippen LogP contribution < -0.4 is 0 Å². The zero-order valence-corrected chi connectivity index (χ0v) is 10.8. The largest absolute Gasteiger partial charge is 0.233 e. The first-order valence-corrected chi connectivity index (χ1v) is 6.24. The maximum atomic E-state index is 6.02. The fourth-order valence-electron chi connectivity index (χ4n) is 1.81. The Hall–Kier alpha value is -1.41. The minimum absolute atomic E-state index is 0.512. The average molecular weight is 247 g/mol. The Kier molecular flexibility index (Phi) is 3.75. The molecule has 17 heavy (non-hydrogen) atoms. The van der Waals surface area contributed by atoms with E-state index in [1.54, 1.807) is 0 Å². The molecule has 0 amide bonds. The van der Waals surface area contributed by atoms with Gasteiger partial charge in [0, 0.05) is 11.3 Å². The van der Waals surface area contributed by atoms with Gasteiger partial charge < -0.3 is 0 Å². The molecule has 2 nitrogen and oxygen atoms in total. The third-order valence-corrected chi connectivity index (χ3v) is 2.94. The molecule has 2 rings (SSSR count). The zero-order valence-electron chi connectivity index (χ0n) is 10.1. The average Bonchev–Trinajstić information content (AvgIpc) is 2.37. The smallest absolute Gasteiger partial charge is 0.161 e. The van der Waals surface area contributed by atoms with Crippen LogP contribution in [0.5, 0.6) is 0 Å². The molecule has 1 aromatic heterocycles. The number of rotatable bonds is 3. The first-order chi connectivity index (χ1) is 8.24. The van der Waals surface area contributed by atoms with Crippen LogP contribution >= 0.6 is 11.6 Å². The summed E-state index contributed by atoms with van der Waals surface area (Å²) in [6.45, 7) is 4.19. The second-order valence-electron chi connectivity index (χ2n) is 3.87. The predicted molar refractivity (Wildman–Crippen MR) is 71.2 cm³/mol. The summed E-state index contributed by atoms with van der Waals surface area (Å²) in [4.78, 5) is 8.85. The highest BCUT2D eigenvalue weighted by molar-refractivity contribution is 6.29. The minimum atomic E-state index is 0.512. The van der Waals surface area contributed by atoms with E-state index < -0.39 is 0 Å². The van der Waals surface area contributed by atoms with Gasteiger partial charge in [-0.3, -0.25) is 0 Å². The molecule has 88 valence electrons. The molecule has 0 aliphatic heterocycles. The maximum absolute atomic E-state index is 6.02. The first kappa shape index (κ1) is 12.1. The van der Waals surface area contributed by atoms with Crippen LogP contribution in [-0.2, 0) is 12.8 Å². The standard InChI is InChI=1S/C14H15ClN2/c1-3-10-7-5-6-8-12(10)14-16-11(4-2)9-13(15)17-14/h5-9H,3-4H2,1-2H3. The highest BCUT2D eigenvalue weighted by atomic mass is 35.5. The second kappa shape index (κ2) is 5.28. The molecule has 1 heterocycles. The Bertz CT molecular complexity index is 523. The number of halogens is 1. The summed E-state index contributed by atoms with van der Waals surface area (Å²) in [5.41, 5.74) is 3.30. The van der Waals surface area contributed by atoms with Gasteiger partial charge in [0.05, 0.1) is 0 Å². The lowest BCUT2D eigenvalue weighted by Crippen LogP contribution is -1.97. The molecule has 0 spiro atoms. The molecule has 0 bridgehead atoms. The van der Waals surface area contributed by atoms with Gasteiger partial charge in [-0.2, -0.15) is 0 Å². The fourth-order valence-corrected chi connectivity index (χ4v) is 2.02. The normalized spacial score (nSPS) is 10.5. The summed E-state index contributed by atoms with van der Waals surface area (Å²) in [5.74, 6) is 0.729. The Morgan fingerprint density at radius 3 is 2.53 bits per heavy atom. The zero-order chi connectivity index (χ0) is 12.3. The summed E-state index contributed by atoms with van der Waals surface area (Å²) in [5, 5.41) is 0.512. The van der Waals surface area contributed by atoms with Crippen molar-refractivity contribution in [1.29, 1.82) is 0 Å². The molecule has 0 saturated carbocycles. The van der Waals surface area contributed by atoms with Crippen molar-refractivity contribution in [2.75, 3.05) is 0 Å². The summed E-state index contributed by atoms with van der Waals surface area (Å²) in [6, 6.07) is 10.0. The third-order valence-electron chi connectivity index (χ3n) is 2.75. The summed E-state index contributed by atoms with van der Waals surface area (Å²) in [6.07, 6.45) is 1.83. The summed E-state index contributed by atoms with van der Waals surface area (Å²) >= 11 is 6.02. The van der Waals surface area contributed by atoms with Crippen LogP contribution in [-0.4, -0.2) is 9.97 Å². The van der Waals surface area contributed by atoms with E-state index in [4.69, 9.17) is 11.6 Å². The number of aryl methyl sites for hydroxylation is 2. The number of nitrogens with zero attached hydrogens (tertiary/aromatic N) is 2. The predicted octanol–water partition coefficient (Wildman–Crippen LogP) is 3.92. The molecule has 0 aliphatic rings. The van der Waals surface area contributed by atoms with E-state index in [1.165, 1.54) is 5.56 Å². The van der Waals surface area contributed by atoms with E-state index in [9.17, 15) is 0 Å². The highest BCUT2D eigenvalue weighted by Crippen LogP contribution is 2.22. The number of benzene rings is 1. The van der Waals surface area contributed by atoms with Crippen molar-refractivity contribution in [3.05, 3.63) is 46.7 Å². The molecule has 2 aromatic rings. The van der Waals surface area contributed by atoms with E-state index >= 15 is 0 Å². The molecule has 0 atom stereocenters. The van der Waals surface area contributed by atoms with E-state index in [1.807, 2.05) is 24.3 Å². The van der Waals surface area contributed by atoms with Crippen LogP contribution in [0.25, 0.3) is 11.4 Å². The minimum Gasteiger partial charge on any atom is -0.233 e. The van der Waals surface area contributed by atoms with E-state index in [-0.39, 0.29) is 0 Å². The van der Waals surface area contributed by atoms with Crippen LogP contribution in [0.15, 0.2) is 30.3 Å². The van der Waals surface area contributed by atoms with Crippen molar-refractivity contribution in [2.45, 2.75) is 26.7 Å². The Labute approximate surface area is 107 Å². The molecule has 0 unspecified atom stereocenters. The van der Waals surface area contributed by atoms with Crippen LogP contribution in [0.1, 0.15) is 25.1 Å². The molecule has 1 aromatic carbocycles. The van der Waals surface area contributed by atoms with Crippen molar-refractivity contribution < 1.29 is 0 Å². The van der Waals surface area contributed by atoms with Gasteiger partial charge in [-0.05, 0) is 24.5 Å². The van der Waals surface area contributed by atoms with Crippen LogP contribution in [0.4, 0.5) is 0 Å². The number of hydrogen-bond acceptors (Lipinski definition) is 2. The molecule has 0 fully saturated rings. The van der Waals surface area contributed by atoms with Crippen molar-refractivity contribution >= 4 is 11.6 Å². The molecular weight excluding hydrogens is 232 g/mol. The van der Waals surface area contributed by atoms with Gasteiger partial charge in [0.15, 0.2) is 5.82 Å². The lowest BCUT2D eigenvalue weighted by molar-refractivity contribution is 1.000. The number of aromatic nitrogens is 2. The van der Waals surface area contributed by atoms with Gasteiger partial charge in [0.2, 0.25) is 0 Å². The van der Waals surface area contributed by atoms with Crippen molar-refractivity contribution in [1.82, 2.24) is 9.97 Å². The van der Waals surface area contributed by atoms with Gasteiger partial charge in [-0.1, -0.05) is 49.7 Å². The quantitative estimate of drug-likeness (QED) is 0.767. The Balaban J connectivity index is 2.55. The lowest BCUT2D eigenvalue weighted by atomic mass is 10.0. The molecule has 0 radical (unpaired) electrons.